The van der Waals surface area contributed by atoms with Crippen molar-refractivity contribution in [1.29, 1.82) is 0 Å². The normalized spacial score (nSPS) is 11.4. The monoisotopic (exact) mass is 463 g/mol. The zero-order valence-electron chi connectivity index (χ0n) is 19.1. The Labute approximate surface area is 197 Å². The van der Waals surface area contributed by atoms with Crippen LogP contribution in [-0.2, 0) is 4.79 Å². The lowest BCUT2D eigenvalue weighted by molar-refractivity contribution is -0.118. The van der Waals surface area contributed by atoms with Crippen molar-refractivity contribution in [3.05, 3.63) is 89.7 Å². The molecule has 3 rings (SSSR count). The molecule has 0 spiro atoms. The number of nitrogens with one attached hydrogen (secondary N) is 3. The molecule has 0 aliphatic carbocycles. The quantitative estimate of drug-likeness (QED) is 0.459. The van der Waals surface area contributed by atoms with E-state index in [2.05, 4.69) is 16.0 Å². The number of anilines is 2. The average Bonchev–Trinajstić information content (AvgIpc) is 2.83. The summed E-state index contributed by atoms with van der Waals surface area (Å²) in [6, 6.07) is 18.0. The van der Waals surface area contributed by atoms with Crippen molar-refractivity contribution in [3.63, 3.8) is 0 Å². The minimum Gasteiger partial charge on any atom is -0.497 e. The van der Waals surface area contributed by atoms with E-state index < -0.39 is 23.7 Å². The number of ether oxygens (including phenoxy) is 1. The molecule has 1 unspecified atom stereocenters. The van der Waals surface area contributed by atoms with Gasteiger partial charge in [0.25, 0.3) is 11.8 Å². The fourth-order valence-corrected chi connectivity index (χ4v) is 3.20. The lowest BCUT2D eigenvalue weighted by Crippen LogP contribution is -2.47. The van der Waals surface area contributed by atoms with Crippen molar-refractivity contribution in [3.8, 4) is 5.75 Å². The van der Waals surface area contributed by atoms with Gasteiger partial charge in [0, 0.05) is 16.9 Å². The van der Waals surface area contributed by atoms with Crippen LogP contribution in [-0.4, -0.2) is 30.9 Å². The molecule has 3 amide bonds. The number of carbonyl (C=O) groups is 3. The van der Waals surface area contributed by atoms with Crippen molar-refractivity contribution in [2.75, 3.05) is 17.7 Å². The third kappa shape index (κ3) is 6.19. The Balaban J connectivity index is 1.63. The van der Waals surface area contributed by atoms with Crippen molar-refractivity contribution in [2.45, 2.75) is 19.9 Å². The third-order valence-electron chi connectivity index (χ3n) is 5.12. The van der Waals surface area contributed by atoms with Crippen LogP contribution < -0.4 is 20.7 Å². The number of halogens is 1. The topological polar surface area (TPSA) is 96.5 Å². The van der Waals surface area contributed by atoms with Gasteiger partial charge in [0.1, 0.15) is 17.6 Å². The summed E-state index contributed by atoms with van der Waals surface area (Å²) < 4.78 is 19.0. The molecule has 3 aromatic rings. The molecule has 8 heteroatoms. The van der Waals surface area contributed by atoms with Gasteiger partial charge in [0.15, 0.2) is 0 Å². The summed E-state index contributed by atoms with van der Waals surface area (Å²) >= 11 is 0. The molecule has 0 bridgehead atoms. The number of methoxy groups -OCH3 is 1. The molecule has 3 N–H and O–H groups in total. The van der Waals surface area contributed by atoms with Crippen LogP contribution in [0, 0.1) is 11.7 Å². The molecule has 0 saturated heterocycles. The Morgan fingerprint density at radius 1 is 0.794 bits per heavy atom. The van der Waals surface area contributed by atoms with E-state index in [4.69, 9.17) is 4.74 Å². The van der Waals surface area contributed by atoms with Crippen LogP contribution in [0.3, 0.4) is 0 Å². The SMILES string of the molecule is COc1ccc(NC(=O)c2ccc(NC(=O)C(NC(=O)c3ccccc3F)C(C)C)cc2)cc1. The van der Waals surface area contributed by atoms with Crippen LogP contribution in [0.2, 0.25) is 0 Å². The minimum atomic E-state index is -0.884. The summed E-state index contributed by atoms with van der Waals surface area (Å²) in [5.41, 5.74) is 1.35. The molecule has 0 aliphatic heterocycles. The number of hydrogen-bond acceptors (Lipinski definition) is 4. The van der Waals surface area contributed by atoms with Crippen LogP contribution in [0.15, 0.2) is 72.8 Å². The van der Waals surface area contributed by atoms with E-state index in [0.717, 1.165) is 0 Å². The molecule has 0 aliphatic rings. The molecule has 34 heavy (non-hydrogen) atoms. The molecule has 3 aromatic carbocycles. The van der Waals surface area contributed by atoms with E-state index in [-0.39, 0.29) is 17.4 Å². The lowest BCUT2D eigenvalue weighted by Gasteiger charge is -2.22. The van der Waals surface area contributed by atoms with Crippen molar-refractivity contribution < 1.29 is 23.5 Å². The standard InChI is InChI=1S/C26H26FN3O4/c1-16(2)23(30-25(32)21-6-4-5-7-22(21)27)26(33)29-18-10-8-17(9-11-18)24(31)28-19-12-14-20(34-3)15-13-19/h4-16,23H,1-3H3,(H,28,31)(H,29,33)(H,30,32). The zero-order chi connectivity index (χ0) is 24.7. The summed E-state index contributed by atoms with van der Waals surface area (Å²) in [6.07, 6.45) is 0. The molecule has 176 valence electrons. The number of rotatable bonds is 8. The number of amides is 3. The van der Waals surface area contributed by atoms with Gasteiger partial charge in [-0.25, -0.2) is 4.39 Å². The van der Waals surface area contributed by atoms with Crippen LogP contribution >= 0.6 is 0 Å². The summed E-state index contributed by atoms with van der Waals surface area (Å²) in [5.74, 6) is -1.65. The van der Waals surface area contributed by atoms with E-state index in [1.54, 1.807) is 75.6 Å². The first-order valence-electron chi connectivity index (χ1n) is 10.7. The number of benzene rings is 3. The van der Waals surface area contributed by atoms with E-state index >= 15 is 0 Å². The second-order valence-electron chi connectivity index (χ2n) is 7.92. The maximum absolute atomic E-state index is 13.9. The first-order chi connectivity index (χ1) is 16.3. The average molecular weight is 464 g/mol. The first-order valence-corrected chi connectivity index (χ1v) is 10.7. The molecular formula is C26H26FN3O4. The molecule has 7 nitrogen and oxygen atoms in total. The second-order valence-corrected chi connectivity index (χ2v) is 7.92. The molecule has 0 fully saturated rings. The van der Waals surface area contributed by atoms with Gasteiger partial charge in [0.2, 0.25) is 5.91 Å². The fourth-order valence-electron chi connectivity index (χ4n) is 3.20. The van der Waals surface area contributed by atoms with Gasteiger partial charge in [-0.1, -0.05) is 26.0 Å². The highest BCUT2D eigenvalue weighted by molar-refractivity contribution is 6.05. The Kier molecular flexibility index (Phi) is 7.97. The van der Waals surface area contributed by atoms with Crippen LogP contribution in [0.4, 0.5) is 15.8 Å². The first kappa shape index (κ1) is 24.4. The molecule has 0 saturated carbocycles. The Morgan fingerprint density at radius 2 is 1.38 bits per heavy atom. The highest BCUT2D eigenvalue weighted by Crippen LogP contribution is 2.17. The molecule has 0 heterocycles. The van der Waals surface area contributed by atoms with Crippen molar-refractivity contribution in [1.82, 2.24) is 5.32 Å². The lowest BCUT2D eigenvalue weighted by atomic mass is 10.0. The fraction of sp³-hybridized carbons (Fsp3) is 0.192. The Bertz CT molecular complexity index is 1160. The second kappa shape index (κ2) is 11.1. The van der Waals surface area contributed by atoms with E-state index in [9.17, 15) is 18.8 Å². The summed E-state index contributed by atoms with van der Waals surface area (Å²) in [5, 5.41) is 8.11. The third-order valence-corrected chi connectivity index (χ3v) is 5.12. The van der Waals surface area contributed by atoms with Gasteiger partial charge in [-0.05, 0) is 66.6 Å². The minimum absolute atomic E-state index is 0.131. The highest BCUT2D eigenvalue weighted by Gasteiger charge is 2.25. The zero-order valence-corrected chi connectivity index (χ0v) is 19.1. The maximum atomic E-state index is 13.9. The van der Waals surface area contributed by atoms with Gasteiger partial charge in [-0.15, -0.1) is 0 Å². The van der Waals surface area contributed by atoms with Gasteiger partial charge < -0.3 is 20.7 Å². The smallest absolute Gasteiger partial charge is 0.255 e. The number of hydrogen-bond donors (Lipinski definition) is 3. The van der Waals surface area contributed by atoms with E-state index in [1.807, 2.05) is 0 Å². The summed E-state index contributed by atoms with van der Waals surface area (Å²) in [6.45, 7) is 3.55. The van der Waals surface area contributed by atoms with Gasteiger partial charge >= 0.3 is 0 Å². The predicted octanol–water partition coefficient (Wildman–Crippen LogP) is 4.48. The van der Waals surface area contributed by atoms with Crippen LogP contribution in [0.1, 0.15) is 34.6 Å². The van der Waals surface area contributed by atoms with Gasteiger partial charge in [0.05, 0.1) is 12.7 Å². The molecule has 0 aromatic heterocycles. The van der Waals surface area contributed by atoms with Gasteiger partial charge in [-0.3, -0.25) is 14.4 Å². The molecule has 1 atom stereocenters. The number of carbonyl (C=O) groups excluding carboxylic acids is 3. The molecular weight excluding hydrogens is 437 g/mol. The van der Waals surface area contributed by atoms with Crippen molar-refractivity contribution in [2.24, 2.45) is 5.92 Å². The Hall–Kier alpha value is -4.20. The molecule has 0 radical (unpaired) electrons. The van der Waals surface area contributed by atoms with E-state index in [1.165, 1.54) is 18.2 Å². The van der Waals surface area contributed by atoms with Crippen LogP contribution in [0.5, 0.6) is 5.75 Å². The van der Waals surface area contributed by atoms with Gasteiger partial charge in [-0.2, -0.15) is 0 Å². The maximum Gasteiger partial charge on any atom is 0.255 e. The largest absolute Gasteiger partial charge is 0.497 e. The Morgan fingerprint density at radius 3 is 1.97 bits per heavy atom. The highest BCUT2D eigenvalue weighted by atomic mass is 19.1. The summed E-state index contributed by atoms with van der Waals surface area (Å²) in [7, 11) is 1.56. The van der Waals surface area contributed by atoms with Crippen molar-refractivity contribution >= 4 is 29.1 Å². The van der Waals surface area contributed by atoms with E-state index in [0.29, 0.717) is 22.7 Å². The summed E-state index contributed by atoms with van der Waals surface area (Å²) in [4.78, 5) is 37.7. The van der Waals surface area contributed by atoms with Crippen LogP contribution in [0.25, 0.3) is 0 Å². The predicted molar refractivity (Wildman–Crippen MR) is 129 cm³/mol.